The van der Waals surface area contributed by atoms with Crippen LogP contribution in [-0.4, -0.2) is 15.3 Å². The van der Waals surface area contributed by atoms with E-state index in [1.165, 1.54) is 0 Å². The Kier molecular flexibility index (Phi) is 15.6. The second kappa shape index (κ2) is 16.4. The van der Waals surface area contributed by atoms with Crippen LogP contribution in [0.1, 0.15) is 16.7 Å². The number of benzene rings is 3. The van der Waals surface area contributed by atoms with Crippen molar-refractivity contribution >= 4 is 0 Å². The number of rotatable bonds is 3. The molecule has 0 fully saturated rings. The molecule has 3 aromatic rings. The third kappa shape index (κ3) is 12.0. The minimum atomic E-state index is 0. The van der Waals surface area contributed by atoms with Crippen molar-refractivity contribution in [1.29, 1.82) is 0 Å². The molecule has 0 radical (unpaired) electrons. The van der Waals surface area contributed by atoms with Crippen LogP contribution in [0.15, 0.2) is 91.0 Å². The maximum atomic E-state index is 8.54. The van der Waals surface area contributed by atoms with Gasteiger partial charge in [-0.1, -0.05) is 91.0 Å². The summed E-state index contributed by atoms with van der Waals surface area (Å²) in [6.07, 6.45) is 0. The van der Waals surface area contributed by atoms with Crippen LogP contribution in [0.2, 0.25) is 0 Å². The van der Waals surface area contributed by atoms with Crippen LogP contribution in [-0.2, 0) is 19.8 Å². The van der Waals surface area contributed by atoms with E-state index < -0.39 is 0 Å². The Labute approximate surface area is 182 Å². The molecule has 0 bridgehead atoms. The fraction of sp³-hybridized carbons (Fsp3) is 0.143. The normalized spacial score (nSPS) is 8.76. The summed E-state index contributed by atoms with van der Waals surface area (Å²) in [4.78, 5) is 0. The van der Waals surface area contributed by atoms with Gasteiger partial charge in [0.2, 0.25) is 0 Å². The van der Waals surface area contributed by atoms with Gasteiger partial charge in [-0.2, -0.15) is 0 Å². The van der Waals surface area contributed by atoms with Gasteiger partial charge in [-0.15, -0.1) is 0 Å². The summed E-state index contributed by atoms with van der Waals surface area (Å²) in [6.45, 7) is 0.419. The van der Waals surface area contributed by atoms with E-state index in [9.17, 15) is 0 Å². The van der Waals surface area contributed by atoms with E-state index in [1.54, 1.807) is 0 Å². The summed E-state index contributed by atoms with van der Waals surface area (Å²) in [5.74, 6) is 0. The predicted molar refractivity (Wildman–Crippen MR) is 97.1 cm³/mol. The van der Waals surface area contributed by atoms with Gasteiger partial charge in [0, 0.05) is 40.4 Å². The summed E-state index contributed by atoms with van der Waals surface area (Å²) in [5, 5.41) is 25.6. The fourth-order valence-corrected chi connectivity index (χ4v) is 1.75. The van der Waals surface area contributed by atoms with Gasteiger partial charge >= 0.3 is 0 Å². The monoisotopic (exact) mass is 476 g/mol. The first kappa shape index (κ1) is 23.9. The van der Waals surface area contributed by atoms with Gasteiger partial charge in [-0.3, -0.25) is 0 Å². The minimum Gasteiger partial charge on any atom is -0.392 e. The second-order valence-electron chi connectivity index (χ2n) is 4.93. The molecule has 0 aliphatic rings. The molecule has 0 unspecified atom stereocenters. The summed E-state index contributed by atoms with van der Waals surface area (Å²) in [7, 11) is 0. The second-order valence-corrected chi connectivity index (χ2v) is 4.93. The van der Waals surface area contributed by atoms with Gasteiger partial charge in [0.25, 0.3) is 0 Å². The van der Waals surface area contributed by atoms with Gasteiger partial charge in [0.05, 0.1) is 19.8 Å². The summed E-state index contributed by atoms with van der Waals surface area (Å²) in [5.41, 5.74) is 2.90. The Hall–Kier alpha value is -1.12. The Morgan fingerprint density at radius 1 is 0.400 bits per heavy atom. The van der Waals surface area contributed by atoms with E-state index in [0.29, 0.717) is 0 Å². The third-order valence-electron chi connectivity index (χ3n) is 3.08. The van der Waals surface area contributed by atoms with E-state index >= 15 is 0 Å². The van der Waals surface area contributed by atoms with Crippen molar-refractivity contribution in [2.75, 3.05) is 0 Å². The van der Waals surface area contributed by atoms with Crippen LogP contribution in [0.4, 0.5) is 0 Å². The topological polar surface area (TPSA) is 60.7 Å². The van der Waals surface area contributed by atoms with Crippen LogP contribution in [0.25, 0.3) is 0 Å². The summed E-state index contributed by atoms with van der Waals surface area (Å²) < 4.78 is 0. The van der Waals surface area contributed by atoms with Crippen LogP contribution in [0, 0.1) is 40.4 Å². The number of aliphatic hydroxyl groups is 3. The summed E-state index contributed by atoms with van der Waals surface area (Å²) >= 11 is 0. The van der Waals surface area contributed by atoms with Crippen molar-refractivity contribution in [2.45, 2.75) is 19.8 Å². The van der Waals surface area contributed by atoms with Crippen molar-refractivity contribution in [3.05, 3.63) is 108 Å². The molecule has 0 atom stereocenters. The molecular weight excluding hydrogens is 451 g/mol. The van der Waals surface area contributed by atoms with Crippen LogP contribution in [0.3, 0.4) is 0 Å². The van der Waals surface area contributed by atoms with Crippen LogP contribution < -0.4 is 0 Å². The molecule has 0 aliphatic carbocycles. The fourth-order valence-electron chi connectivity index (χ4n) is 1.75. The third-order valence-corrected chi connectivity index (χ3v) is 3.08. The largest absolute Gasteiger partial charge is 0.392 e. The number of aliphatic hydroxyl groups excluding tert-OH is 3. The first-order valence-electron chi connectivity index (χ1n) is 7.74. The molecular formula is C21H24O3Sm. The smallest absolute Gasteiger partial charge is 0.0681 e. The molecule has 25 heavy (non-hydrogen) atoms. The number of hydrogen-bond donors (Lipinski definition) is 3. The van der Waals surface area contributed by atoms with Crippen molar-refractivity contribution in [2.24, 2.45) is 0 Å². The van der Waals surface area contributed by atoms with E-state index in [1.807, 2.05) is 91.0 Å². The molecule has 0 aromatic heterocycles. The predicted octanol–water partition coefficient (Wildman–Crippen LogP) is 3.54. The molecule has 0 amide bonds. The Morgan fingerprint density at radius 2 is 0.600 bits per heavy atom. The van der Waals surface area contributed by atoms with Crippen LogP contribution >= 0.6 is 0 Å². The van der Waals surface area contributed by atoms with Gasteiger partial charge in [0.1, 0.15) is 0 Å². The van der Waals surface area contributed by atoms with E-state index in [-0.39, 0.29) is 60.2 Å². The standard InChI is InChI=1S/3C7H8O.Sm/c3*8-6-7-4-2-1-3-5-7;/h3*1-5,8H,6H2;. The van der Waals surface area contributed by atoms with Crippen molar-refractivity contribution in [1.82, 2.24) is 0 Å². The molecule has 0 saturated carbocycles. The summed E-state index contributed by atoms with van der Waals surface area (Å²) in [6, 6.07) is 28.6. The minimum absolute atomic E-state index is 0. The quantitative estimate of drug-likeness (QED) is 0.544. The molecule has 3 nitrogen and oxygen atoms in total. The maximum absolute atomic E-state index is 8.54. The number of hydrogen-bond acceptors (Lipinski definition) is 3. The van der Waals surface area contributed by atoms with E-state index in [0.717, 1.165) is 16.7 Å². The average Bonchev–Trinajstić information content (AvgIpc) is 2.71. The van der Waals surface area contributed by atoms with E-state index in [4.69, 9.17) is 15.3 Å². The Morgan fingerprint density at radius 3 is 0.720 bits per heavy atom. The van der Waals surface area contributed by atoms with Crippen LogP contribution in [0.5, 0.6) is 0 Å². The molecule has 3 N–H and O–H groups in total. The first-order valence-corrected chi connectivity index (χ1v) is 7.74. The van der Waals surface area contributed by atoms with Gasteiger partial charge in [-0.25, -0.2) is 0 Å². The zero-order chi connectivity index (χ0) is 17.5. The molecule has 0 saturated heterocycles. The molecule has 132 valence electrons. The molecule has 0 heterocycles. The van der Waals surface area contributed by atoms with Crippen molar-refractivity contribution < 1.29 is 55.7 Å². The van der Waals surface area contributed by atoms with Crippen molar-refractivity contribution in [3.63, 3.8) is 0 Å². The molecule has 3 rings (SSSR count). The van der Waals surface area contributed by atoms with Gasteiger partial charge in [0.15, 0.2) is 0 Å². The zero-order valence-electron chi connectivity index (χ0n) is 14.0. The zero-order valence-corrected chi connectivity index (χ0v) is 16.7. The van der Waals surface area contributed by atoms with Gasteiger partial charge in [-0.05, 0) is 16.7 Å². The molecule has 0 spiro atoms. The molecule has 0 aliphatic heterocycles. The van der Waals surface area contributed by atoms with E-state index in [2.05, 4.69) is 0 Å². The molecule has 3 aromatic carbocycles. The maximum Gasteiger partial charge on any atom is 0.0681 e. The first-order chi connectivity index (χ1) is 11.8. The molecule has 4 heteroatoms. The van der Waals surface area contributed by atoms with Gasteiger partial charge < -0.3 is 15.3 Å². The average molecular weight is 475 g/mol. The SMILES string of the molecule is OCc1ccccc1.OCc1ccccc1.OCc1ccccc1.[Sm]. The van der Waals surface area contributed by atoms with Crippen molar-refractivity contribution in [3.8, 4) is 0 Å². The Bertz CT molecular complexity index is 537. The Balaban J connectivity index is 0.000000339.